The number of nitrogens with zero attached hydrogens (tertiary/aromatic N) is 3. The topological polar surface area (TPSA) is 133 Å². The van der Waals surface area contributed by atoms with Crippen LogP contribution in [0.15, 0.2) is 30.3 Å². The molecule has 0 heterocycles. The van der Waals surface area contributed by atoms with E-state index in [9.17, 15) is 19.2 Å². The SMILES string of the molecule is CC(C)CN(CC(=O)N(CC(C)C)NC(=O)OCc1ccccc1)NC(=O)CN(CC(C)C)NC(=O)OC(C)(C)C. The van der Waals surface area contributed by atoms with Gasteiger partial charge in [-0.3, -0.25) is 20.4 Å². The minimum Gasteiger partial charge on any atom is -0.443 e. The Morgan fingerprint density at radius 3 is 1.78 bits per heavy atom. The molecule has 0 unspecified atom stereocenters. The van der Waals surface area contributed by atoms with Gasteiger partial charge < -0.3 is 9.47 Å². The van der Waals surface area contributed by atoms with Crippen molar-refractivity contribution in [3.8, 4) is 0 Å². The van der Waals surface area contributed by atoms with E-state index in [0.717, 1.165) is 5.56 Å². The number of hydrazine groups is 3. The molecule has 3 N–H and O–H groups in total. The first-order chi connectivity index (χ1) is 19.0. The van der Waals surface area contributed by atoms with Crippen LogP contribution in [0.5, 0.6) is 0 Å². The lowest BCUT2D eigenvalue weighted by Gasteiger charge is -2.31. The van der Waals surface area contributed by atoms with Gasteiger partial charge in [-0.15, -0.1) is 0 Å². The fourth-order valence-corrected chi connectivity index (χ4v) is 3.69. The molecule has 12 heteroatoms. The molecular weight excluding hydrogens is 528 g/mol. The molecule has 41 heavy (non-hydrogen) atoms. The number of hydrogen-bond acceptors (Lipinski definition) is 8. The van der Waals surface area contributed by atoms with E-state index in [1.807, 2.05) is 71.9 Å². The molecule has 0 aliphatic heterocycles. The summed E-state index contributed by atoms with van der Waals surface area (Å²) in [6, 6.07) is 9.23. The zero-order valence-corrected chi connectivity index (χ0v) is 26.2. The Bertz CT molecular complexity index is 964. The van der Waals surface area contributed by atoms with Crippen LogP contribution in [0.4, 0.5) is 9.59 Å². The van der Waals surface area contributed by atoms with Crippen molar-refractivity contribution >= 4 is 24.0 Å². The van der Waals surface area contributed by atoms with Crippen molar-refractivity contribution in [2.24, 2.45) is 17.8 Å². The number of carbonyl (C=O) groups excluding carboxylic acids is 4. The maximum atomic E-state index is 13.3. The normalized spacial score (nSPS) is 11.7. The van der Waals surface area contributed by atoms with E-state index in [4.69, 9.17) is 9.47 Å². The van der Waals surface area contributed by atoms with E-state index in [0.29, 0.717) is 13.1 Å². The molecule has 0 radical (unpaired) electrons. The van der Waals surface area contributed by atoms with E-state index in [1.54, 1.807) is 20.8 Å². The Hall–Kier alpha value is -3.38. The standard InChI is InChI=1S/C29H50N6O6/c1-21(2)15-33(31-28(39)41-29(7,8)9)18-25(36)30-34(16-22(3)4)19-26(37)35(17-23(5)6)32-27(38)40-20-24-13-11-10-12-14-24/h10-14,21-23H,15-20H2,1-9H3,(H,30,36)(H,31,39)(H,32,38). The Morgan fingerprint density at radius 2 is 1.27 bits per heavy atom. The second-order valence-electron chi connectivity index (χ2n) is 12.3. The minimum atomic E-state index is -0.750. The molecule has 0 aromatic heterocycles. The van der Waals surface area contributed by atoms with Crippen molar-refractivity contribution in [3.05, 3.63) is 35.9 Å². The molecule has 12 nitrogen and oxygen atoms in total. The Morgan fingerprint density at radius 1 is 0.732 bits per heavy atom. The van der Waals surface area contributed by atoms with Gasteiger partial charge in [-0.2, -0.15) is 0 Å². The minimum absolute atomic E-state index is 0.0602. The van der Waals surface area contributed by atoms with Crippen LogP contribution in [0, 0.1) is 17.8 Å². The molecule has 0 saturated carbocycles. The van der Waals surface area contributed by atoms with Gasteiger partial charge in [0.15, 0.2) is 0 Å². The van der Waals surface area contributed by atoms with Crippen molar-refractivity contribution in [1.82, 2.24) is 31.3 Å². The number of amides is 4. The van der Waals surface area contributed by atoms with Gasteiger partial charge in [0.2, 0.25) is 5.91 Å². The Balaban J connectivity index is 2.87. The highest BCUT2D eigenvalue weighted by atomic mass is 16.6. The van der Waals surface area contributed by atoms with E-state index in [2.05, 4.69) is 16.3 Å². The van der Waals surface area contributed by atoms with Crippen molar-refractivity contribution < 1.29 is 28.7 Å². The van der Waals surface area contributed by atoms with Gasteiger partial charge >= 0.3 is 12.2 Å². The van der Waals surface area contributed by atoms with Gasteiger partial charge in [0.05, 0.1) is 13.1 Å². The predicted octanol–water partition coefficient (Wildman–Crippen LogP) is 3.70. The van der Waals surface area contributed by atoms with Crippen LogP contribution in [-0.4, -0.2) is 77.4 Å². The first-order valence-electron chi connectivity index (χ1n) is 14.1. The third-order valence-electron chi connectivity index (χ3n) is 5.05. The molecule has 0 fully saturated rings. The highest BCUT2D eigenvalue weighted by molar-refractivity contribution is 5.82. The third kappa shape index (κ3) is 17.1. The first-order valence-corrected chi connectivity index (χ1v) is 14.1. The second-order valence-corrected chi connectivity index (χ2v) is 12.3. The van der Waals surface area contributed by atoms with Crippen LogP contribution >= 0.6 is 0 Å². The highest BCUT2D eigenvalue weighted by Crippen LogP contribution is 2.08. The summed E-state index contributed by atoms with van der Waals surface area (Å²) in [5.41, 5.74) is 8.09. The smallest absolute Gasteiger partial charge is 0.426 e. The molecule has 0 spiro atoms. The zero-order valence-electron chi connectivity index (χ0n) is 26.2. The number of hydrogen-bond donors (Lipinski definition) is 3. The molecule has 0 aliphatic rings. The van der Waals surface area contributed by atoms with Gasteiger partial charge in [0.25, 0.3) is 5.91 Å². The highest BCUT2D eigenvalue weighted by Gasteiger charge is 2.25. The Labute approximate surface area is 245 Å². The van der Waals surface area contributed by atoms with E-state index >= 15 is 0 Å². The number of benzene rings is 1. The number of carbonyl (C=O) groups is 4. The Kier molecular flexibility index (Phi) is 15.2. The molecule has 0 atom stereocenters. The van der Waals surface area contributed by atoms with E-state index in [-0.39, 0.29) is 44.0 Å². The van der Waals surface area contributed by atoms with Crippen molar-refractivity contribution in [2.75, 3.05) is 32.7 Å². The third-order valence-corrected chi connectivity index (χ3v) is 5.05. The largest absolute Gasteiger partial charge is 0.443 e. The molecule has 0 saturated heterocycles. The molecule has 1 aromatic rings. The summed E-state index contributed by atoms with van der Waals surface area (Å²) >= 11 is 0. The molecular formula is C29H50N6O6. The molecule has 1 rings (SSSR count). The van der Waals surface area contributed by atoms with Gasteiger partial charge in [0, 0.05) is 19.6 Å². The van der Waals surface area contributed by atoms with E-state index < -0.39 is 29.6 Å². The van der Waals surface area contributed by atoms with Crippen LogP contribution < -0.4 is 16.3 Å². The average Bonchev–Trinajstić information content (AvgIpc) is 2.80. The van der Waals surface area contributed by atoms with Crippen molar-refractivity contribution in [2.45, 2.75) is 74.5 Å². The predicted molar refractivity (Wildman–Crippen MR) is 157 cm³/mol. The summed E-state index contributed by atoms with van der Waals surface area (Å²) in [6.07, 6.45) is -1.41. The summed E-state index contributed by atoms with van der Waals surface area (Å²) < 4.78 is 10.6. The average molecular weight is 579 g/mol. The van der Waals surface area contributed by atoms with Crippen molar-refractivity contribution in [1.29, 1.82) is 0 Å². The lowest BCUT2D eigenvalue weighted by molar-refractivity contribution is -0.138. The summed E-state index contributed by atoms with van der Waals surface area (Å²) in [4.78, 5) is 51.1. The van der Waals surface area contributed by atoms with Gasteiger partial charge in [0.1, 0.15) is 12.2 Å². The van der Waals surface area contributed by atoms with Gasteiger partial charge in [-0.1, -0.05) is 71.9 Å². The number of rotatable bonds is 14. The van der Waals surface area contributed by atoms with Gasteiger partial charge in [-0.05, 0) is 44.1 Å². The van der Waals surface area contributed by atoms with Gasteiger partial charge in [-0.25, -0.2) is 30.0 Å². The van der Waals surface area contributed by atoms with Crippen LogP contribution in [0.3, 0.4) is 0 Å². The maximum Gasteiger partial charge on any atom is 0.426 e. The van der Waals surface area contributed by atoms with Crippen LogP contribution in [0.25, 0.3) is 0 Å². The molecule has 1 aromatic carbocycles. The monoisotopic (exact) mass is 578 g/mol. The van der Waals surface area contributed by atoms with Crippen LogP contribution in [0.2, 0.25) is 0 Å². The summed E-state index contributed by atoms with van der Waals surface area (Å²) in [5, 5.41) is 4.21. The molecule has 0 bridgehead atoms. The summed E-state index contributed by atoms with van der Waals surface area (Å²) in [7, 11) is 0. The molecule has 0 aliphatic carbocycles. The summed E-state index contributed by atoms with van der Waals surface area (Å²) in [6.45, 7) is 17.8. The molecule has 4 amide bonds. The number of ether oxygens (including phenoxy) is 2. The first kappa shape index (κ1) is 35.6. The quantitative estimate of drug-likeness (QED) is 0.285. The fourth-order valence-electron chi connectivity index (χ4n) is 3.69. The maximum absolute atomic E-state index is 13.3. The summed E-state index contributed by atoms with van der Waals surface area (Å²) in [5.74, 6) is -0.492. The van der Waals surface area contributed by atoms with Crippen LogP contribution in [-0.2, 0) is 25.7 Å². The number of nitrogens with one attached hydrogen (secondary N) is 3. The van der Waals surface area contributed by atoms with E-state index in [1.165, 1.54) is 15.0 Å². The van der Waals surface area contributed by atoms with Crippen LogP contribution in [0.1, 0.15) is 67.9 Å². The second kappa shape index (κ2) is 17.4. The fraction of sp³-hybridized carbons (Fsp3) is 0.655. The molecule has 232 valence electrons. The lowest BCUT2D eigenvalue weighted by atomic mass is 10.2. The lowest BCUT2D eigenvalue weighted by Crippen LogP contribution is -2.57. The van der Waals surface area contributed by atoms with Crippen molar-refractivity contribution in [3.63, 3.8) is 0 Å². The zero-order chi connectivity index (χ0) is 31.2.